The fourth-order valence-corrected chi connectivity index (χ4v) is 1.23. The van der Waals surface area contributed by atoms with Crippen molar-refractivity contribution in [2.75, 3.05) is 24.9 Å². The van der Waals surface area contributed by atoms with Crippen LogP contribution in [0.25, 0.3) is 0 Å². The number of allylic oxidation sites excluding steroid dienone is 1. The molecule has 1 N–H and O–H groups in total. The lowest BCUT2D eigenvalue weighted by Gasteiger charge is -2.06. The van der Waals surface area contributed by atoms with Crippen molar-refractivity contribution in [3.8, 4) is 5.75 Å². The first-order chi connectivity index (χ1) is 7.27. The second-order valence-corrected chi connectivity index (χ2v) is 3.16. The van der Waals surface area contributed by atoms with Crippen LogP contribution in [0.2, 0.25) is 0 Å². The van der Waals surface area contributed by atoms with Crippen LogP contribution in [-0.2, 0) is 0 Å². The van der Waals surface area contributed by atoms with Gasteiger partial charge in [0, 0.05) is 24.2 Å². The van der Waals surface area contributed by atoms with Gasteiger partial charge in [0.25, 0.3) is 0 Å². The maximum atomic E-state index is 13.2. The second-order valence-electron chi connectivity index (χ2n) is 2.86. The van der Waals surface area contributed by atoms with Gasteiger partial charge in [-0.1, -0.05) is 12.2 Å². The van der Waals surface area contributed by atoms with Gasteiger partial charge in [-0.2, -0.15) is 0 Å². The summed E-state index contributed by atoms with van der Waals surface area (Å²) in [5.74, 6) is 0.360. The summed E-state index contributed by atoms with van der Waals surface area (Å²) in [6, 6.07) is 4.74. The van der Waals surface area contributed by atoms with E-state index in [0.717, 1.165) is 0 Å². The molecule has 1 rings (SSSR count). The van der Waals surface area contributed by atoms with Crippen LogP contribution in [0, 0.1) is 5.82 Å². The average molecular weight is 230 g/mol. The minimum Gasteiger partial charge on any atom is -0.494 e. The first-order valence-electron chi connectivity index (χ1n) is 4.56. The number of anilines is 1. The van der Waals surface area contributed by atoms with Gasteiger partial charge in [0.2, 0.25) is 0 Å². The zero-order chi connectivity index (χ0) is 11.1. The van der Waals surface area contributed by atoms with Gasteiger partial charge in [-0.15, -0.1) is 11.6 Å². The van der Waals surface area contributed by atoms with Crippen LogP contribution in [0.15, 0.2) is 30.4 Å². The van der Waals surface area contributed by atoms with Gasteiger partial charge in [0.15, 0.2) is 11.6 Å². The molecule has 0 saturated heterocycles. The van der Waals surface area contributed by atoms with E-state index in [1.165, 1.54) is 13.2 Å². The first kappa shape index (κ1) is 11.9. The molecule has 1 aromatic rings. The van der Waals surface area contributed by atoms with Gasteiger partial charge < -0.3 is 10.1 Å². The van der Waals surface area contributed by atoms with Crippen LogP contribution < -0.4 is 10.1 Å². The number of methoxy groups -OCH3 is 1. The SMILES string of the molecule is COc1ccc(NC/C=C/CCl)cc1F. The van der Waals surface area contributed by atoms with Gasteiger partial charge in [-0.3, -0.25) is 0 Å². The molecule has 0 fully saturated rings. The van der Waals surface area contributed by atoms with E-state index in [9.17, 15) is 4.39 Å². The predicted octanol–water partition coefficient (Wildman–Crippen LogP) is 3.04. The number of halogens is 2. The number of alkyl halides is 1. The van der Waals surface area contributed by atoms with Crippen LogP contribution in [0.5, 0.6) is 5.75 Å². The highest BCUT2D eigenvalue weighted by Gasteiger charge is 2.01. The highest BCUT2D eigenvalue weighted by Crippen LogP contribution is 2.20. The van der Waals surface area contributed by atoms with Crippen LogP contribution in [-0.4, -0.2) is 19.5 Å². The molecular formula is C11H13ClFNO. The lowest BCUT2D eigenvalue weighted by molar-refractivity contribution is 0.386. The topological polar surface area (TPSA) is 21.3 Å². The number of nitrogens with one attached hydrogen (secondary N) is 1. The lowest BCUT2D eigenvalue weighted by Crippen LogP contribution is -1.99. The molecule has 1 aromatic carbocycles. The van der Waals surface area contributed by atoms with E-state index < -0.39 is 0 Å². The smallest absolute Gasteiger partial charge is 0.167 e. The molecule has 0 aliphatic carbocycles. The summed E-state index contributed by atoms with van der Waals surface area (Å²) >= 11 is 5.46. The normalized spacial score (nSPS) is 10.6. The Balaban J connectivity index is 2.55. The molecule has 82 valence electrons. The third kappa shape index (κ3) is 3.80. The van der Waals surface area contributed by atoms with Crippen molar-refractivity contribution in [1.82, 2.24) is 0 Å². The number of benzene rings is 1. The molecular weight excluding hydrogens is 217 g/mol. The summed E-state index contributed by atoms with van der Waals surface area (Å²) in [4.78, 5) is 0. The summed E-state index contributed by atoms with van der Waals surface area (Å²) in [5, 5.41) is 3.03. The minimum absolute atomic E-state index is 0.247. The summed E-state index contributed by atoms with van der Waals surface area (Å²) in [5.41, 5.74) is 0.715. The van der Waals surface area contributed by atoms with Crippen molar-refractivity contribution in [2.24, 2.45) is 0 Å². The molecule has 0 radical (unpaired) electrons. The van der Waals surface area contributed by atoms with Crippen molar-refractivity contribution in [3.05, 3.63) is 36.2 Å². The molecule has 0 amide bonds. The van der Waals surface area contributed by atoms with Gasteiger partial charge in [-0.25, -0.2) is 4.39 Å². The van der Waals surface area contributed by atoms with Crippen LogP contribution in [0.4, 0.5) is 10.1 Å². The highest BCUT2D eigenvalue weighted by atomic mass is 35.5. The van der Waals surface area contributed by atoms with Crippen LogP contribution >= 0.6 is 11.6 Å². The third-order valence-electron chi connectivity index (χ3n) is 1.83. The van der Waals surface area contributed by atoms with E-state index in [-0.39, 0.29) is 11.6 Å². The second kappa shape index (κ2) is 6.30. The van der Waals surface area contributed by atoms with Gasteiger partial charge in [0.1, 0.15) is 0 Å². The van der Waals surface area contributed by atoms with E-state index in [1.54, 1.807) is 12.1 Å². The van der Waals surface area contributed by atoms with E-state index >= 15 is 0 Å². The number of rotatable bonds is 5. The Morgan fingerprint density at radius 2 is 2.27 bits per heavy atom. The lowest BCUT2D eigenvalue weighted by atomic mass is 10.3. The molecule has 0 aliphatic heterocycles. The monoisotopic (exact) mass is 229 g/mol. The maximum absolute atomic E-state index is 13.2. The summed E-state index contributed by atoms with van der Waals surface area (Å²) in [6.45, 7) is 0.624. The molecule has 0 aliphatic rings. The summed E-state index contributed by atoms with van der Waals surface area (Å²) in [6.07, 6.45) is 3.71. The van der Waals surface area contributed by atoms with Crippen molar-refractivity contribution in [3.63, 3.8) is 0 Å². The third-order valence-corrected chi connectivity index (χ3v) is 2.01. The first-order valence-corrected chi connectivity index (χ1v) is 5.09. The zero-order valence-electron chi connectivity index (χ0n) is 8.47. The largest absolute Gasteiger partial charge is 0.494 e. The molecule has 0 saturated carbocycles. The Morgan fingerprint density at radius 1 is 1.47 bits per heavy atom. The Kier molecular flexibility index (Phi) is 4.98. The summed E-state index contributed by atoms with van der Waals surface area (Å²) < 4.78 is 18.0. The molecule has 0 aromatic heterocycles. The Hall–Kier alpha value is -1.22. The fraction of sp³-hybridized carbons (Fsp3) is 0.273. The van der Waals surface area contributed by atoms with Gasteiger partial charge in [0.05, 0.1) is 7.11 Å². The van der Waals surface area contributed by atoms with Crippen molar-refractivity contribution in [2.45, 2.75) is 0 Å². The summed E-state index contributed by atoms with van der Waals surface area (Å²) in [7, 11) is 1.44. The molecule has 0 bridgehead atoms. The van der Waals surface area contributed by atoms with Crippen molar-refractivity contribution >= 4 is 17.3 Å². The molecule has 0 spiro atoms. The molecule has 0 atom stereocenters. The molecule has 15 heavy (non-hydrogen) atoms. The number of hydrogen-bond acceptors (Lipinski definition) is 2. The average Bonchev–Trinajstić information content (AvgIpc) is 2.25. The molecule has 0 heterocycles. The maximum Gasteiger partial charge on any atom is 0.167 e. The number of hydrogen-bond donors (Lipinski definition) is 1. The molecule has 0 unspecified atom stereocenters. The molecule has 2 nitrogen and oxygen atoms in total. The fourth-order valence-electron chi connectivity index (χ4n) is 1.10. The number of ether oxygens (including phenoxy) is 1. The van der Waals surface area contributed by atoms with Crippen molar-refractivity contribution in [1.29, 1.82) is 0 Å². The van der Waals surface area contributed by atoms with E-state index in [4.69, 9.17) is 16.3 Å². The Labute approximate surface area is 93.7 Å². The van der Waals surface area contributed by atoms with Gasteiger partial charge in [-0.05, 0) is 12.1 Å². The highest BCUT2D eigenvalue weighted by molar-refractivity contribution is 6.18. The molecule has 4 heteroatoms. The van der Waals surface area contributed by atoms with Crippen LogP contribution in [0.1, 0.15) is 0 Å². The minimum atomic E-state index is -0.371. The van der Waals surface area contributed by atoms with E-state index in [1.807, 2.05) is 12.2 Å². The Morgan fingerprint density at radius 3 is 2.87 bits per heavy atom. The van der Waals surface area contributed by atoms with E-state index in [0.29, 0.717) is 18.1 Å². The standard InChI is InChI=1S/C11H13ClFNO/c1-15-11-5-4-9(8-10(11)13)14-7-3-2-6-12/h2-5,8,14H,6-7H2,1H3/b3-2+. The van der Waals surface area contributed by atoms with Gasteiger partial charge >= 0.3 is 0 Å². The van der Waals surface area contributed by atoms with Crippen molar-refractivity contribution < 1.29 is 9.13 Å². The predicted molar refractivity (Wildman–Crippen MR) is 61.3 cm³/mol. The zero-order valence-corrected chi connectivity index (χ0v) is 9.22. The van der Waals surface area contributed by atoms with E-state index in [2.05, 4.69) is 5.32 Å². The Bertz CT molecular complexity index is 341. The van der Waals surface area contributed by atoms with Crippen LogP contribution in [0.3, 0.4) is 0 Å². The quantitative estimate of drug-likeness (QED) is 0.619.